The van der Waals surface area contributed by atoms with Crippen LogP contribution in [0.3, 0.4) is 0 Å². The lowest BCUT2D eigenvalue weighted by molar-refractivity contribution is -0.384. The van der Waals surface area contributed by atoms with Crippen molar-refractivity contribution in [2.45, 2.75) is 25.8 Å². The van der Waals surface area contributed by atoms with Crippen molar-refractivity contribution >= 4 is 39.9 Å². The third-order valence-corrected chi connectivity index (χ3v) is 4.30. The summed E-state index contributed by atoms with van der Waals surface area (Å²) in [7, 11) is 0. The molecule has 2 unspecified atom stereocenters. The largest absolute Gasteiger partial charge is 0.480 e. The van der Waals surface area contributed by atoms with Crippen LogP contribution in [0.2, 0.25) is 0 Å². The summed E-state index contributed by atoms with van der Waals surface area (Å²) in [6, 6.07) is 4.19. The maximum atomic E-state index is 11.5. The summed E-state index contributed by atoms with van der Waals surface area (Å²) in [5.41, 5.74) is 0.367. The molecule has 108 valence electrons. The summed E-state index contributed by atoms with van der Waals surface area (Å²) in [5.74, 6) is -0.954. The number of nitro groups is 1. The number of carboxylic acids is 1. The van der Waals surface area contributed by atoms with Gasteiger partial charge in [-0.15, -0.1) is 0 Å². The highest BCUT2D eigenvalue weighted by Crippen LogP contribution is 2.35. The van der Waals surface area contributed by atoms with Crippen LogP contribution in [0, 0.1) is 19.6 Å². The second-order valence-electron chi connectivity index (χ2n) is 4.99. The maximum Gasteiger partial charge on any atom is 0.326 e. The molecule has 1 N–H and O–H groups in total. The highest BCUT2D eigenvalue weighted by molar-refractivity contribution is 14.1. The second-order valence-corrected chi connectivity index (χ2v) is 6.23. The average molecular weight is 390 g/mol. The van der Waals surface area contributed by atoms with E-state index in [2.05, 4.69) is 0 Å². The molecule has 1 aliphatic rings. The van der Waals surface area contributed by atoms with E-state index < -0.39 is 16.9 Å². The molecule has 1 heterocycles. The number of nitro benzene ring substituents is 1. The third kappa shape index (κ3) is 2.87. The standard InChI is InChI=1S/C13H15IN2O4/c1-8-3-2-6-15(12(8)13(17)18)10-5-4-9(14)7-11(10)16(19)20/h4-5,7-8,12H,2-3,6H2,1H3,(H,17,18). The molecule has 0 spiro atoms. The predicted octanol–water partition coefficient (Wildman–Crippen LogP) is 2.89. The SMILES string of the molecule is CC1CCCN(c2ccc(I)cc2[N+](=O)[O-])C1C(=O)O. The zero-order valence-electron chi connectivity index (χ0n) is 11.0. The number of carbonyl (C=O) groups is 1. The summed E-state index contributed by atoms with van der Waals surface area (Å²) >= 11 is 2.01. The van der Waals surface area contributed by atoms with Gasteiger partial charge < -0.3 is 10.0 Å². The molecule has 0 amide bonds. The molecule has 1 aromatic carbocycles. The highest BCUT2D eigenvalue weighted by Gasteiger charge is 2.37. The molecule has 1 aromatic rings. The monoisotopic (exact) mass is 390 g/mol. The van der Waals surface area contributed by atoms with Gasteiger partial charge in [0.1, 0.15) is 11.7 Å². The van der Waals surface area contributed by atoms with Crippen molar-refractivity contribution in [2.24, 2.45) is 5.92 Å². The number of benzene rings is 1. The van der Waals surface area contributed by atoms with Crippen LogP contribution >= 0.6 is 22.6 Å². The Morgan fingerprint density at radius 2 is 2.25 bits per heavy atom. The van der Waals surface area contributed by atoms with Gasteiger partial charge in [0.05, 0.1) is 4.92 Å². The van der Waals surface area contributed by atoms with Gasteiger partial charge >= 0.3 is 5.97 Å². The van der Waals surface area contributed by atoms with Crippen molar-refractivity contribution in [3.63, 3.8) is 0 Å². The summed E-state index contributed by atoms with van der Waals surface area (Å²) in [5, 5.41) is 20.6. The van der Waals surface area contributed by atoms with Crippen molar-refractivity contribution < 1.29 is 14.8 Å². The van der Waals surface area contributed by atoms with Crippen LogP contribution in [-0.2, 0) is 4.79 Å². The van der Waals surface area contributed by atoms with Crippen LogP contribution in [0.5, 0.6) is 0 Å². The summed E-state index contributed by atoms with van der Waals surface area (Å²) in [6.07, 6.45) is 1.67. The van der Waals surface area contributed by atoms with Gasteiger partial charge in [-0.2, -0.15) is 0 Å². The summed E-state index contributed by atoms with van der Waals surface area (Å²) in [4.78, 5) is 23.9. The Balaban J connectivity index is 2.48. The average Bonchev–Trinajstić information content (AvgIpc) is 2.37. The minimum absolute atomic E-state index is 0.0277. The lowest BCUT2D eigenvalue weighted by atomic mass is 9.90. The van der Waals surface area contributed by atoms with E-state index in [1.165, 1.54) is 6.07 Å². The molecule has 0 saturated carbocycles. The molecule has 1 fully saturated rings. The summed E-state index contributed by atoms with van der Waals surface area (Å²) < 4.78 is 0.759. The van der Waals surface area contributed by atoms with E-state index in [-0.39, 0.29) is 11.6 Å². The zero-order chi connectivity index (χ0) is 14.9. The fraction of sp³-hybridized carbons (Fsp3) is 0.462. The zero-order valence-corrected chi connectivity index (χ0v) is 13.1. The van der Waals surface area contributed by atoms with Gasteiger partial charge in [0.25, 0.3) is 5.69 Å². The number of nitrogens with zero attached hydrogens (tertiary/aromatic N) is 2. The third-order valence-electron chi connectivity index (χ3n) is 3.63. The lowest BCUT2D eigenvalue weighted by Crippen LogP contribution is -2.49. The molecule has 7 heteroatoms. The fourth-order valence-electron chi connectivity index (χ4n) is 2.72. The van der Waals surface area contributed by atoms with Crippen molar-refractivity contribution in [2.75, 3.05) is 11.4 Å². The van der Waals surface area contributed by atoms with Gasteiger partial charge in [-0.3, -0.25) is 10.1 Å². The van der Waals surface area contributed by atoms with Crippen molar-refractivity contribution in [3.8, 4) is 0 Å². The molecular weight excluding hydrogens is 375 g/mol. The summed E-state index contributed by atoms with van der Waals surface area (Å²) in [6.45, 7) is 2.41. The Morgan fingerprint density at radius 1 is 1.55 bits per heavy atom. The number of hydrogen-bond donors (Lipinski definition) is 1. The van der Waals surface area contributed by atoms with Crippen LogP contribution in [0.4, 0.5) is 11.4 Å². The van der Waals surface area contributed by atoms with Gasteiger partial charge in [-0.05, 0) is 53.5 Å². The van der Waals surface area contributed by atoms with Gasteiger partial charge in [0.15, 0.2) is 0 Å². The molecule has 2 atom stereocenters. The van der Waals surface area contributed by atoms with Gasteiger partial charge in [0.2, 0.25) is 0 Å². The fourth-order valence-corrected chi connectivity index (χ4v) is 3.20. The lowest BCUT2D eigenvalue weighted by Gasteiger charge is -2.38. The number of aliphatic carboxylic acids is 1. The predicted molar refractivity (Wildman–Crippen MR) is 83.0 cm³/mol. The minimum atomic E-state index is -0.926. The van der Waals surface area contributed by atoms with E-state index >= 15 is 0 Å². The van der Waals surface area contributed by atoms with Gasteiger partial charge in [-0.25, -0.2) is 4.79 Å². The molecule has 0 bridgehead atoms. The Kier molecular flexibility index (Phi) is 4.46. The van der Waals surface area contributed by atoms with Gasteiger partial charge in [-0.1, -0.05) is 6.92 Å². The van der Waals surface area contributed by atoms with E-state index in [0.717, 1.165) is 16.4 Å². The van der Waals surface area contributed by atoms with E-state index in [1.54, 1.807) is 17.0 Å². The number of hydrogen-bond acceptors (Lipinski definition) is 4. The first kappa shape index (κ1) is 15.0. The number of anilines is 1. The van der Waals surface area contributed by atoms with Crippen LogP contribution in [0.1, 0.15) is 19.8 Å². The first-order valence-corrected chi connectivity index (χ1v) is 7.43. The van der Waals surface area contributed by atoms with Crippen LogP contribution < -0.4 is 4.90 Å². The van der Waals surface area contributed by atoms with E-state index in [0.29, 0.717) is 12.2 Å². The molecule has 1 aliphatic heterocycles. The number of halogens is 1. The minimum Gasteiger partial charge on any atom is -0.480 e. The van der Waals surface area contributed by atoms with Gasteiger partial charge in [0, 0.05) is 16.2 Å². The smallest absolute Gasteiger partial charge is 0.326 e. The molecule has 2 rings (SSSR count). The first-order chi connectivity index (χ1) is 9.41. The molecule has 20 heavy (non-hydrogen) atoms. The Labute approximate surface area is 130 Å². The van der Waals surface area contributed by atoms with Crippen molar-refractivity contribution in [1.82, 2.24) is 0 Å². The quantitative estimate of drug-likeness (QED) is 0.488. The molecule has 6 nitrogen and oxygen atoms in total. The van der Waals surface area contributed by atoms with Crippen molar-refractivity contribution in [1.29, 1.82) is 0 Å². The highest BCUT2D eigenvalue weighted by atomic mass is 127. The van der Waals surface area contributed by atoms with Crippen LogP contribution in [-0.4, -0.2) is 28.6 Å². The molecule has 0 radical (unpaired) electrons. The molecule has 1 saturated heterocycles. The number of carboxylic acid groups (broad SMARTS) is 1. The Bertz CT molecular complexity index is 549. The topological polar surface area (TPSA) is 83.7 Å². The molecule has 0 aliphatic carbocycles. The first-order valence-electron chi connectivity index (χ1n) is 6.35. The molecule has 0 aromatic heterocycles. The van der Waals surface area contributed by atoms with Crippen LogP contribution in [0.25, 0.3) is 0 Å². The van der Waals surface area contributed by atoms with E-state index in [4.69, 9.17) is 0 Å². The van der Waals surface area contributed by atoms with E-state index in [1.807, 2.05) is 29.5 Å². The number of piperidine rings is 1. The second kappa shape index (κ2) is 5.94. The van der Waals surface area contributed by atoms with Crippen LogP contribution in [0.15, 0.2) is 18.2 Å². The Hall–Kier alpha value is -1.38. The maximum absolute atomic E-state index is 11.5. The van der Waals surface area contributed by atoms with E-state index in [9.17, 15) is 20.0 Å². The number of rotatable bonds is 3. The normalized spacial score (nSPS) is 22.6. The molecular formula is C13H15IN2O4. The Morgan fingerprint density at radius 3 is 2.85 bits per heavy atom. The van der Waals surface area contributed by atoms with Crippen molar-refractivity contribution in [3.05, 3.63) is 31.9 Å².